The van der Waals surface area contributed by atoms with Crippen LogP contribution in [0.5, 0.6) is 0 Å². The molecular formula is C23H30N4OS. The molecule has 154 valence electrons. The second kappa shape index (κ2) is 9.35. The summed E-state index contributed by atoms with van der Waals surface area (Å²) >= 11 is 1.61. The normalized spacial score (nSPS) is 11.2. The van der Waals surface area contributed by atoms with Crippen LogP contribution in [0.2, 0.25) is 0 Å². The van der Waals surface area contributed by atoms with E-state index in [1.807, 2.05) is 32.2 Å². The lowest BCUT2D eigenvalue weighted by molar-refractivity contribution is 0.0952. The molecule has 5 nitrogen and oxygen atoms in total. The molecule has 0 spiro atoms. The zero-order valence-electron chi connectivity index (χ0n) is 18.0. The van der Waals surface area contributed by atoms with E-state index in [1.54, 1.807) is 11.3 Å². The minimum absolute atomic E-state index is 0.00195. The highest BCUT2D eigenvalue weighted by Crippen LogP contribution is 2.32. The smallest absolute Gasteiger partial charge is 0.253 e. The van der Waals surface area contributed by atoms with Gasteiger partial charge in [0.05, 0.1) is 17.0 Å². The molecule has 0 fully saturated rings. The maximum atomic E-state index is 12.7. The van der Waals surface area contributed by atoms with Crippen LogP contribution < -0.4 is 5.32 Å². The van der Waals surface area contributed by atoms with Gasteiger partial charge in [-0.2, -0.15) is 0 Å². The summed E-state index contributed by atoms with van der Waals surface area (Å²) in [7, 11) is 0. The molecule has 0 atom stereocenters. The van der Waals surface area contributed by atoms with Crippen LogP contribution in [0.15, 0.2) is 29.8 Å². The molecule has 0 unspecified atom stereocenters. The van der Waals surface area contributed by atoms with E-state index in [4.69, 9.17) is 4.98 Å². The molecule has 6 heteroatoms. The third kappa shape index (κ3) is 4.93. The van der Waals surface area contributed by atoms with Gasteiger partial charge in [-0.3, -0.25) is 9.78 Å². The fourth-order valence-electron chi connectivity index (χ4n) is 3.28. The van der Waals surface area contributed by atoms with Crippen molar-refractivity contribution >= 4 is 17.2 Å². The van der Waals surface area contributed by atoms with Crippen molar-refractivity contribution in [1.82, 2.24) is 19.9 Å². The molecule has 0 radical (unpaired) electrons. The minimum Gasteiger partial charge on any atom is -0.352 e. The Hall–Kier alpha value is -2.47. The number of pyridine rings is 1. The van der Waals surface area contributed by atoms with Crippen molar-refractivity contribution in [2.24, 2.45) is 5.92 Å². The number of amides is 1. The summed E-state index contributed by atoms with van der Waals surface area (Å²) < 4.78 is 2.23. The number of rotatable bonds is 8. The molecule has 0 aliphatic carbocycles. The fraction of sp³-hybridized carbons (Fsp3) is 0.435. The summed E-state index contributed by atoms with van der Waals surface area (Å²) in [6, 6.07) is 6.04. The maximum absolute atomic E-state index is 12.7. The van der Waals surface area contributed by atoms with E-state index in [9.17, 15) is 4.79 Å². The van der Waals surface area contributed by atoms with Crippen molar-refractivity contribution in [3.05, 3.63) is 46.7 Å². The van der Waals surface area contributed by atoms with Crippen molar-refractivity contribution in [3.8, 4) is 22.0 Å². The van der Waals surface area contributed by atoms with Gasteiger partial charge in [0.2, 0.25) is 0 Å². The number of aromatic nitrogens is 3. The van der Waals surface area contributed by atoms with Gasteiger partial charge in [0.25, 0.3) is 5.91 Å². The molecule has 0 aliphatic rings. The van der Waals surface area contributed by atoms with E-state index >= 15 is 0 Å². The summed E-state index contributed by atoms with van der Waals surface area (Å²) in [6.07, 6.45) is 3.92. The first kappa shape index (κ1) is 21.2. The zero-order chi connectivity index (χ0) is 21.0. The number of hydrogen-bond acceptors (Lipinski definition) is 4. The first-order valence-corrected chi connectivity index (χ1v) is 11.2. The average Bonchev–Trinajstić information content (AvgIpc) is 3.28. The van der Waals surface area contributed by atoms with E-state index in [-0.39, 0.29) is 5.91 Å². The Balaban J connectivity index is 1.96. The molecule has 0 aliphatic heterocycles. The van der Waals surface area contributed by atoms with Crippen LogP contribution in [0, 0.1) is 19.8 Å². The van der Waals surface area contributed by atoms with Crippen LogP contribution in [-0.2, 0) is 6.54 Å². The molecule has 0 saturated heterocycles. The number of carbonyl (C=O) groups is 1. The van der Waals surface area contributed by atoms with Gasteiger partial charge in [-0.05, 0) is 44.4 Å². The predicted molar refractivity (Wildman–Crippen MR) is 120 cm³/mol. The van der Waals surface area contributed by atoms with Crippen LogP contribution in [-0.4, -0.2) is 27.0 Å². The lowest BCUT2D eigenvalue weighted by atomic mass is 10.2. The van der Waals surface area contributed by atoms with Crippen LogP contribution in [0.1, 0.15) is 55.4 Å². The number of nitrogens with one attached hydrogen (secondary N) is 1. The van der Waals surface area contributed by atoms with Gasteiger partial charge in [0.1, 0.15) is 5.01 Å². The number of aryl methyl sites for hydroxylation is 1. The standard InChI is InChI=1S/C23H30N4OS/c1-6-7-10-24-22(28)19-11-21(27(17(19)5)13-15(2)3)20-14-29-23(26-20)18-9-8-16(4)25-12-18/h8-9,11-12,14-15H,6-7,10,13H2,1-5H3,(H,24,28). The lowest BCUT2D eigenvalue weighted by Gasteiger charge is -2.13. The van der Waals surface area contributed by atoms with Crippen molar-refractivity contribution < 1.29 is 4.79 Å². The SMILES string of the molecule is CCCCNC(=O)c1cc(-c2csc(-c3ccc(C)nc3)n2)n(CC(C)C)c1C. The molecule has 29 heavy (non-hydrogen) atoms. The number of thiazole rings is 1. The topological polar surface area (TPSA) is 59.8 Å². The summed E-state index contributed by atoms with van der Waals surface area (Å²) in [4.78, 5) is 22.0. The predicted octanol–water partition coefficient (Wildman–Crippen LogP) is 5.48. The summed E-state index contributed by atoms with van der Waals surface area (Å²) in [5.74, 6) is 0.466. The molecule has 0 bridgehead atoms. The van der Waals surface area contributed by atoms with Crippen molar-refractivity contribution in [1.29, 1.82) is 0 Å². The first-order valence-electron chi connectivity index (χ1n) is 10.3. The van der Waals surface area contributed by atoms with Crippen LogP contribution in [0.3, 0.4) is 0 Å². The Morgan fingerprint density at radius 1 is 1.28 bits per heavy atom. The number of nitrogens with zero attached hydrogens (tertiary/aromatic N) is 3. The van der Waals surface area contributed by atoms with Gasteiger partial charge in [0.15, 0.2) is 0 Å². The van der Waals surface area contributed by atoms with Gasteiger partial charge in [0, 0.05) is 41.6 Å². The Labute approximate surface area is 177 Å². The molecule has 1 amide bonds. The Bertz CT molecular complexity index is 969. The molecule has 3 aromatic rings. The van der Waals surface area contributed by atoms with Crippen LogP contribution in [0.4, 0.5) is 0 Å². The van der Waals surface area contributed by atoms with E-state index in [1.165, 1.54) is 0 Å². The van der Waals surface area contributed by atoms with Gasteiger partial charge < -0.3 is 9.88 Å². The van der Waals surface area contributed by atoms with Crippen molar-refractivity contribution in [3.63, 3.8) is 0 Å². The van der Waals surface area contributed by atoms with E-state index in [2.05, 4.69) is 47.1 Å². The van der Waals surface area contributed by atoms with Gasteiger partial charge in [-0.15, -0.1) is 11.3 Å². The van der Waals surface area contributed by atoms with Crippen molar-refractivity contribution in [2.75, 3.05) is 6.54 Å². The third-order valence-corrected chi connectivity index (χ3v) is 5.79. The van der Waals surface area contributed by atoms with E-state index in [0.717, 1.165) is 58.3 Å². The highest BCUT2D eigenvalue weighted by atomic mass is 32.1. The quantitative estimate of drug-likeness (QED) is 0.501. The summed E-state index contributed by atoms with van der Waals surface area (Å²) in [5.41, 5.74) is 5.65. The molecule has 3 heterocycles. The number of hydrogen-bond donors (Lipinski definition) is 1. The van der Waals surface area contributed by atoms with Crippen LogP contribution >= 0.6 is 11.3 Å². The van der Waals surface area contributed by atoms with E-state index < -0.39 is 0 Å². The molecule has 1 N–H and O–H groups in total. The third-order valence-electron chi connectivity index (χ3n) is 4.90. The van der Waals surface area contributed by atoms with Crippen molar-refractivity contribution in [2.45, 2.75) is 54.0 Å². The second-order valence-corrected chi connectivity index (χ2v) is 8.73. The lowest BCUT2D eigenvalue weighted by Crippen LogP contribution is -2.24. The Kier molecular flexibility index (Phi) is 6.85. The number of carbonyl (C=O) groups excluding carboxylic acids is 1. The van der Waals surface area contributed by atoms with E-state index in [0.29, 0.717) is 12.5 Å². The summed E-state index contributed by atoms with van der Waals surface area (Å²) in [6.45, 7) is 12.1. The Morgan fingerprint density at radius 2 is 2.07 bits per heavy atom. The second-order valence-electron chi connectivity index (χ2n) is 7.87. The van der Waals surface area contributed by atoms with Gasteiger partial charge in [-0.25, -0.2) is 4.98 Å². The maximum Gasteiger partial charge on any atom is 0.253 e. The highest BCUT2D eigenvalue weighted by Gasteiger charge is 2.20. The monoisotopic (exact) mass is 410 g/mol. The molecule has 3 aromatic heterocycles. The fourth-order valence-corrected chi connectivity index (χ4v) is 4.08. The van der Waals surface area contributed by atoms with Crippen LogP contribution in [0.25, 0.3) is 22.0 Å². The zero-order valence-corrected chi connectivity index (χ0v) is 18.8. The molecule has 0 saturated carbocycles. The van der Waals surface area contributed by atoms with Gasteiger partial charge >= 0.3 is 0 Å². The number of unbranched alkanes of at least 4 members (excludes halogenated alkanes) is 1. The minimum atomic E-state index is -0.00195. The Morgan fingerprint density at radius 3 is 2.72 bits per heavy atom. The van der Waals surface area contributed by atoms with Gasteiger partial charge in [-0.1, -0.05) is 27.2 Å². The highest BCUT2D eigenvalue weighted by molar-refractivity contribution is 7.13. The molecular weight excluding hydrogens is 380 g/mol. The first-order chi connectivity index (χ1) is 13.9. The average molecular weight is 411 g/mol. The largest absolute Gasteiger partial charge is 0.352 e. The molecule has 3 rings (SSSR count). The molecule has 0 aromatic carbocycles. The summed E-state index contributed by atoms with van der Waals surface area (Å²) in [5, 5.41) is 6.05.